The lowest BCUT2D eigenvalue weighted by Crippen LogP contribution is -2.39. The summed E-state index contributed by atoms with van der Waals surface area (Å²) in [6, 6.07) is 9.17. The van der Waals surface area contributed by atoms with Crippen LogP contribution in [0.15, 0.2) is 24.3 Å². The maximum Gasteiger partial charge on any atom is 0.306 e. The van der Waals surface area contributed by atoms with Crippen LogP contribution in [0.2, 0.25) is 0 Å². The smallest absolute Gasteiger partial charge is 0.306 e. The maximum absolute atomic E-state index is 12.4. The van der Waals surface area contributed by atoms with Crippen LogP contribution in [0.4, 0.5) is 5.69 Å². The molecule has 6 heteroatoms. The number of amides is 1. The van der Waals surface area contributed by atoms with Gasteiger partial charge in [0.1, 0.15) is 5.41 Å². The number of hydrogen-bond donors (Lipinski definition) is 2. The van der Waals surface area contributed by atoms with Gasteiger partial charge in [0.25, 0.3) is 0 Å². The number of carbonyl (C=O) groups excluding carboxylic acids is 1. The van der Waals surface area contributed by atoms with Gasteiger partial charge in [0.2, 0.25) is 5.91 Å². The van der Waals surface area contributed by atoms with E-state index in [2.05, 4.69) is 11.4 Å². The summed E-state index contributed by atoms with van der Waals surface area (Å²) < 4.78 is 5.22. The number of anilines is 1. The van der Waals surface area contributed by atoms with Crippen LogP contribution in [0.5, 0.6) is 0 Å². The van der Waals surface area contributed by atoms with Gasteiger partial charge in [-0.2, -0.15) is 5.26 Å². The van der Waals surface area contributed by atoms with Gasteiger partial charge in [-0.15, -0.1) is 0 Å². The van der Waals surface area contributed by atoms with Crippen molar-refractivity contribution in [2.75, 3.05) is 18.5 Å². The van der Waals surface area contributed by atoms with Gasteiger partial charge in [-0.25, -0.2) is 0 Å². The first-order chi connectivity index (χ1) is 11.0. The second-order valence-corrected chi connectivity index (χ2v) is 5.90. The van der Waals surface area contributed by atoms with E-state index in [1.54, 1.807) is 31.2 Å². The van der Waals surface area contributed by atoms with Crippen molar-refractivity contribution in [2.45, 2.75) is 26.2 Å². The van der Waals surface area contributed by atoms with Gasteiger partial charge >= 0.3 is 5.97 Å². The van der Waals surface area contributed by atoms with Gasteiger partial charge < -0.3 is 15.2 Å². The van der Waals surface area contributed by atoms with E-state index in [0.717, 1.165) is 5.56 Å². The van der Waals surface area contributed by atoms with Gasteiger partial charge in [0.05, 0.1) is 12.0 Å². The molecule has 0 spiro atoms. The molecule has 1 atom stereocenters. The minimum Gasteiger partial charge on any atom is -0.481 e. The predicted molar refractivity (Wildman–Crippen MR) is 83.7 cm³/mol. The summed E-state index contributed by atoms with van der Waals surface area (Å²) in [6.45, 7) is 2.47. The van der Waals surface area contributed by atoms with Gasteiger partial charge in [0, 0.05) is 18.9 Å². The molecule has 1 fully saturated rings. The van der Waals surface area contributed by atoms with Crippen LogP contribution in [0.25, 0.3) is 0 Å². The van der Waals surface area contributed by atoms with Crippen LogP contribution in [-0.4, -0.2) is 30.2 Å². The topological polar surface area (TPSA) is 99.4 Å². The molecule has 1 heterocycles. The quantitative estimate of drug-likeness (QED) is 0.867. The minimum atomic E-state index is -1.03. The number of carboxylic acid groups (broad SMARTS) is 1. The molecule has 0 bridgehead atoms. The standard InChI is InChI=1S/C17H20N2O4/c1-12(15(20)21)10-13-2-4-14(5-3-13)19-16(22)17(11-18)6-8-23-9-7-17/h2-5,12H,6-10H2,1H3,(H,19,22)(H,20,21). The number of benzene rings is 1. The monoisotopic (exact) mass is 316 g/mol. The van der Waals surface area contributed by atoms with E-state index in [4.69, 9.17) is 9.84 Å². The van der Waals surface area contributed by atoms with Crippen molar-refractivity contribution in [1.82, 2.24) is 0 Å². The average molecular weight is 316 g/mol. The Balaban J connectivity index is 2.01. The zero-order valence-corrected chi connectivity index (χ0v) is 13.0. The highest BCUT2D eigenvalue weighted by molar-refractivity contribution is 5.97. The molecule has 1 aromatic rings. The number of nitriles is 1. The molecule has 0 radical (unpaired) electrons. The summed E-state index contributed by atoms with van der Waals surface area (Å²) in [5.41, 5.74) is 0.455. The second-order valence-electron chi connectivity index (χ2n) is 5.90. The third kappa shape index (κ3) is 4.08. The van der Waals surface area contributed by atoms with Gasteiger partial charge in [-0.05, 0) is 37.0 Å². The molecule has 0 aromatic heterocycles. The number of hydrogen-bond acceptors (Lipinski definition) is 4. The molecule has 2 rings (SSSR count). The van der Waals surface area contributed by atoms with Crippen LogP contribution in [0.3, 0.4) is 0 Å². The first-order valence-electron chi connectivity index (χ1n) is 7.59. The number of ether oxygens (including phenoxy) is 1. The lowest BCUT2D eigenvalue weighted by Gasteiger charge is -2.29. The molecule has 1 unspecified atom stereocenters. The van der Waals surface area contributed by atoms with Crippen molar-refractivity contribution in [1.29, 1.82) is 5.26 Å². The highest BCUT2D eigenvalue weighted by Crippen LogP contribution is 2.31. The number of carboxylic acids is 1. The molecule has 2 N–H and O–H groups in total. The summed E-state index contributed by atoms with van der Waals surface area (Å²) in [7, 11) is 0. The molecule has 1 aromatic carbocycles. The normalized spacial score (nSPS) is 17.7. The number of aliphatic carboxylic acids is 1. The first-order valence-corrected chi connectivity index (χ1v) is 7.59. The molecule has 6 nitrogen and oxygen atoms in total. The fraction of sp³-hybridized carbons (Fsp3) is 0.471. The van der Waals surface area contributed by atoms with Crippen molar-refractivity contribution >= 4 is 17.6 Å². The third-order valence-electron chi connectivity index (χ3n) is 4.17. The number of nitrogens with zero attached hydrogens (tertiary/aromatic N) is 1. The van der Waals surface area contributed by atoms with Crippen molar-refractivity contribution in [3.05, 3.63) is 29.8 Å². The number of rotatable bonds is 5. The number of carbonyl (C=O) groups is 2. The molecule has 23 heavy (non-hydrogen) atoms. The highest BCUT2D eigenvalue weighted by atomic mass is 16.5. The molecule has 1 aliphatic rings. The third-order valence-corrected chi connectivity index (χ3v) is 4.17. The Morgan fingerprint density at radius 3 is 2.48 bits per heavy atom. The summed E-state index contributed by atoms with van der Waals surface area (Å²) in [5.74, 6) is -1.60. The van der Waals surface area contributed by atoms with Gasteiger partial charge in [0.15, 0.2) is 0 Å². The van der Waals surface area contributed by atoms with Crippen LogP contribution in [-0.2, 0) is 20.7 Å². The first kappa shape index (κ1) is 17.0. The van der Waals surface area contributed by atoms with E-state index >= 15 is 0 Å². The molecule has 0 saturated carbocycles. The van der Waals surface area contributed by atoms with E-state index in [9.17, 15) is 14.9 Å². The highest BCUT2D eigenvalue weighted by Gasteiger charge is 2.40. The van der Waals surface area contributed by atoms with Crippen molar-refractivity contribution in [3.8, 4) is 6.07 Å². The van der Waals surface area contributed by atoms with Gasteiger partial charge in [-0.3, -0.25) is 9.59 Å². The Hall–Kier alpha value is -2.39. The van der Waals surface area contributed by atoms with Crippen molar-refractivity contribution in [2.24, 2.45) is 11.3 Å². The Morgan fingerprint density at radius 1 is 1.35 bits per heavy atom. The lowest BCUT2D eigenvalue weighted by atomic mass is 9.81. The average Bonchev–Trinajstić information content (AvgIpc) is 2.57. The second kappa shape index (κ2) is 7.25. The summed E-state index contributed by atoms with van der Waals surface area (Å²) in [6.07, 6.45) is 1.22. The van der Waals surface area contributed by atoms with Crippen molar-refractivity contribution < 1.29 is 19.4 Å². The molecular weight excluding hydrogens is 296 g/mol. The summed E-state index contributed by atoms with van der Waals surface area (Å²) in [5, 5.41) is 21.1. The molecule has 1 aliphatic heterocycles. The maximum atomic E-state index is 12.4. The van der Waals surface area contributed by atoms with E-state index in [0.29, 0.717) is 38.2 Å². The Morgan fingerprint density at radius 2 is 1.96 bits per heavy atom. The Bertz CT molecular complexity index is 612. The van der Waals surface area contributed by atoms with Crippen LogP contribution < -0.4 is 5.32 Å². The van der Waals surface area contributed by atoms with Gasteiger partial charge in [-0.1, -0.05) is 19.1 Å². The molecule has 1 saturated heterocycles. The molecular formula is C17H20N2O4. The van der Waals surface area contributed by atoms with E-state index < -0.39 is 17.3 Å². The van der Waals surface area contributed by atoms with Crippen LogP contribution in [0, 0.1) is 22.7 Å². The largest absolute Gasteiger partial charge is 0.481 e. The Labute approximate surface area is 135 Å². The molecule has 122 valence electrons. The van der Waals surface area contributed by atoms with E-state index in [1.807, 2.05) is 0 Å². The minimum absolute atomic E-state index is 0.310. The Kier molecular flexibility index (Phi) is 5.35. The van der Waals surface area contributed by atoms with Crippen LogP contribution in [0.1, 0.15) is 25.3 Å². The van der Waals surface area contributed by atoms with Crippen LogP contribution >= 0.6 is 0 Å². The predicted octanol–water partition coefficient (Wildman–Crippen LogP) is 2.21. The fourth-order valence-corrected chi connectivity index (χ4v) is 2.53. The lowest BCUT2D eigenvalue weighted by molar-refractivity contribution is -0.141. The fourth-order valence-electron chi connectivity index (χ4n) is 2.53. The molecule has 1 amide bonds. The van der Waals surface area contributed by atoms with E-state index in [1.165, 1.54) is 0 Å². The summed E-state index contributed by atoms with van der Waals surface area (Å²) >= 11 is 0. The number of nitrogens with one attached hydrogen (secondary N) is 1. The molecule has 0 aliphatic carbocycles. The zero-order valence-electron chi connectivity index (χ0n) is 13.0. The zero-order chi connectivity index (χ0) is 16.9. The SMILES string of the molecule is CC(Cc1ccc(NC(=O)C2(C#N)CCOCC2)cc1)C(=O)O. The van der Waals surface area contributed by atoms with E-state index in [-0.39, 0.29) is 5.91 Å². The summed E-state index contributed by atoms with van der Waals surface area (Å²) in [4.78, 5) is 23.3. The van der Waals surface area contributed by atoms with Crippen molar-refractivity contribution in [3.63, 3.8) is 0 Å².